The summed E-state index contributed by atoms with van der Waals surface area (Å²) in [5, 5.41) is 1.97. The van der Waals surface area contributed by atoms with Crippen LogP contribution in [0.3, 0.4) is 0 Å². The second-order valence-corrected chi connectivity index (χ2v) is 6.99. The van der Waals surface area contributed by atoms with Gasteiger partial charge < -0.3 is 9.47 Å². The summed E-state index contributed by atoms with van der Waals surface area (Å²) in [6.07, 6.45) is 5.33. The first-order valence-electron chi connectivity index (χ1n) is 9.15. The second kappa shape index (κ2) is 7.27. The van der Waals surface area contributed by atoms with Crippen LogP contribution in [0.15, 0.2) is 61.1 Å². The Hall–Kier alpha value is -3.71. The van der Waals surface area contributed by atoms with Gasteiger partial charge in [-0.15, -0.1) is 0 Å². The molecule has 3 aromatic heterocycles. The second-order valence-electron chi connectivity index (χ2n) is 6.65. The van der Waals surface area contributed by atoms with Gasteiger partial charge in [0, 0.05) is 35.4 Å². The van der Waals surface area contributed by atoms with Gasteiger partial charge in [0.05, 0.1) is 19.7 Å². The molecule has 0 fully saturated rings. The molecule has 0 N–H and O–H groups in total. The average Bonchev–Trinajstić information content (AvgIpc) is 3.21. The van der Waals surface area contributed by atoms with Crippen LogP contribution in [0, 0.1) is 0 Å². The number of benzene rings is 2. The number of hydrogen-bond acceptors (Lipinski definition) is 6. The van der Waals surface area contributed by atoms with Gasteiger partial charge in [0.1, 0.15) is 11.5 Å². The van der Waals surface area contributed by atoms with Crippen molar-refractivity contribution in [2.45, 2.75) is 0 Å². The molecule has 2 aromatic carbocycles. The van der Waals surface area contributed by atoms with Crippen LogP contribution in [0.5, 0.6) is 11.5 Å². The number of nitrogens with zero attached hydrogens (tertiary/aromatic N) is 5. The maximum absolute atomic E-state index is 5.95. The summed E-state index contributed by atoms with van der Waals surface area (Å²) < 4.78 is 12.6. The highest BCUT2D eigenvalue weighted by atomic mass is 35.5. The van der Waals surface area contributed by atoms with Gasteiger partial charge in [-0.25, -0.2) is 15.0 Å². The van der Waals surface area contributed by atoms with Crippen molar-refractivity contribution in [2.75, 3.05) is 14.2 Å². The van der Waals surface area contributed by atoms with Gasteiger partial charge in [-0.3, -0.25) is 4.57 Å². The van der Waals surface area contributed by atoms with Crippen LogP contribution < -0.4 is 9.47 Å². The van der Waals surface area contributed by atoms with Crippen LogP contribution >= 0.6 is 11.6 Å². The normalized spacial score (nSPS) is 11.2. The summed E-state index contributed by atoms with van der Waals surface area (Å²) in [6, 6.07) is 13.7. The Bertz CT molecular complexity index is 1380. The molecule has 8 heteroatoms. The maximum Gasteiger partial charge on any atom is 0.235 e. The van der Waals surface area contributed by atoms with Crippen LogP contribution in [0.2, 0.25) is 5.28 Å². The monoisotopic (exact) mass is 417 g/mol. The van der Waals surface area contributed by atoms with E-state index in [4.69, 9.17) is 26.1 Å². The molecule has 0 bridgehead atoms. The molecule has 0 atom stereocenters. The molecule has 0 saturated heterocycles. The fraction of sp³-hybridized carbons (Fsp3) is 0.0909. The highest BCUT2D eigenvalue weighted by Crippen LogP contribution is 2.31. The van der Waals surface area contributed by atoms with E-state index in [1.54, 1.807) is 31.2 Å². The van der Waals surface area contributed by atoms with E-state index in [2.05, 4.69) is 15.0 Å². The van der Waals surface area contributed by atoms with E-state index < -0.39 is 0 Å². The molecular weight excluding hydrogens is 402 g/mol. The molecule has 0 aliphatic rings. The Morgan fingerprint density at radius 3 is 2.33 bits per heavy atom. The molecule has 0 saturated carbocycles. The molecule has 0 unspecified atom stereocenters. The van der Waals surface area contributed by atoms with Crippen LogP contribution in [0.4, 0.5) is 0 Å². The molecular formula is C22H16ClN5O2. The van der Waals surface area contributed by atoms with Crippen molar-refractivity contribution < 1.29 is 9.47 Å². The van der Waals surface area contributed by atoms with Gasteiger partial charge in [0.25, 0.3) is 0 Å². The van der Waals surface area contributed by atoms with E-state index in [-0.39, 0.29) is 5.28 Å². The number of halogens is 1. The third-order valence-electron chi connectivity index (χ3n) is 4.87. The predicted molar refractivity (Wildman–Crippen MR) is 116 cm³/mol. The Balaban J connectivity index is 1.58. The summed E-state index contributed by atoms with van der Waals surface area (Å²) in [7, 11) is 3.27. The SMILES string of the molecule is COc1cc(OC)cc(-c2ccc3nc(-n4ccc5cnc(Cl)nc54)ncc3c2)c1. The van der Waals surface area contributed by atoms with E-state index in [0.717, 1.165) is 38.9 Å². The average molecular weight is 418 g/mol. The number of methoxy groups -OCH3 is 2. The third-order valence-corrected chi connectivity index (χ3v) is 5.05. The van der Waals surface area contributed by atoms with Crippen molar-refractivity contribution in [1.82, 2.24) is 24.5 Å². The minimum absolute atomic E-state index is 0.182. The first kappa shape index (κ1) is 18.3. The first-order chi connectivity index (χ1) is 14.6. The summed E-state index contributed by atoms with van der Waals surface area (Å²) in [5.74, 6) is 1.98. The van der Waals surface area contributed by atoms with E-state index in [1.807, 2.05) is 48.7 Å². The fourth-order valence-electron chi connectivity index (χ4n) is 3.35. The van der Waals surface area contributed by atoms with Crippen LogP contribution in [0.1, 0.15) is 0 Å². The standard InChI is InChI=1S/C22H16ClN5O2/c1-29-17-8-15(9-18(10-17)30-2)13-3-4-19-16(7-13)12-25-22(26-19)28-6-5-14-11-24-21(23)27-20(14)28/h3-12H,1-2H3. The largest absolute Gasteiger partial charge is 0.497 e. The molecule has 148 valence electrons. The molecule has 30 heavy (non-hydrogen) atoms. The minimum atomic E-state index is 0.182. The van der Waals surface area contributed by atoms with Crippen molar-refractivity contribution in [1.29, 1.82) is 0 Å². The first-order valence-corrected chi connectivity index (χ1v) is 9.52. The number of fused-ring (bicyclic) bond motifs is 2. The fourth-order valence-corrected chi connectivity index (χ4v) is 3.48. The summed E-state index contributed by atoms with van der Waals surface area (Å²) >= 11 is 5.95. The lowest BCUT2D eigenvalue weighted by Crippen LogP contribution is -2.01. The van der Waals surface area contributed by atoms with Gasteiger partial charge in [0.15, 0.2) is 5.65 Å². The Kier molecular flexibility index (Phi) is 4.44. The number of aromatic nitrogens is 5. The third kappa shape index (κ3) is 3.19. The van der Waals surface area contributed by atoms with Crippen molar-refractivity contribution in [2.24, 2.45) is 0 Å². The summed E-state index contributed by atoms with van der Waals surface area (Å²) in [4.78, 5) is 17.5. The molecule has 0 spiro atoms. The van der Waals surface area contributed by atoms with Crippen molar-refractivity contribution in [3.8, 4) is 28.6 Å². The molecule has 0 aliphatic carbocycles. The van der Waals surface area contributed by atoms with Crippen molar-refractivity contribution >= 4 is 33.5 Å². The van der Waals surface area contributed by atoms with Gasteiger partial charge in [-0.1, -0.05) is 6.07 Å². The summed E-state index contributed by atoms with van der Waals surface area (Å²) in [5.41, 5.74) is 3.48. The Labute approximate surface area is 176 Å². The quantitative estimate of drug-likeness (QED) is 0.394. The zero-order valence-electron chi connectivity index (χ0n) is 16.2. The molecule has 3 heterocycles. The van der Waals surface area contributed by atoms with E-state index in [1.165, 1.54) is 0 Å². The maximum atomic E-state index is 5.95. The van der Waals surface area contributed by atoms with Crippen molar-refractivity contribution in [3.05, 3.63) is 66.3 Å². The van der Waals surface area contributed by atoms with Gasteiger partial charge in [0.2, 0.25) is 11.2 Å². The minimum Gasteiger partial charge on any atom is -0.497 e. The zero-order valence-corrected chi connectivity index (χ0v) is 17.0. The number of hydrogen-bond donors (Lipinski definition) is 0. The molecule has 0 aliphatic heterocycles. The van der Waals surface area contributed by atoms with Crippen LogP contribution in [-0.4, -0.2) is 38.7 Å². The smallest absolute Gasteiger partial charge is 0.235 e. The molecule has 5 aromatic rings. The number of ether oxygens (including phenoxy) is 2. The van der Waals surface area contributed by atoms with Gasteiger partial charge in [-0.2, -0.15) is 4.98 Å². The number of rotatable bonds is 4. The van der Waals surface area contributed by atoms with E-state index in [0.29, 0.717) is 11.6 Å². The lowest BCUT2D eigenvalue weighted by atomic mass is 10.0. The highest BCUT2D eigenvalue weighted by molar-refractivity contribution is 6.28. The van der Waals surface area contributed by atoms with Crippen molar-refractivity contribution in [3.63, 3.8) is 0 Å². The Morgan fingerprint density at radius 2 is 1.57 bits per heavy atom. The zero-order chi connectivity index (χ0) is 20.7. The van der Waals surface area contributed by atoms with Gasteiger partial charge >= 0.3 is 0 Å². The van der Waals surface area contributed by atoms with E-state index in [9.17, 15) is 0 Å². The Morgan fingerprint density at radius 1 is 0.800 bits per heavy atom. The lowest BCUT2D eigenvalue weighted by molar-refractivity contribution is 0.394. The topological polar surface area (TPSA) is 75.0 Å². The van der Waals surface area contributed by atoms with Gasteiger partial charge in [-0.05, 0) is 53.1 Å². The molecule has 0 radical (unpaired) electrons. The lowest BCUT2D eigenvalue weighted by Gasteiger charge is -2.10. The van der Waals surface area contributed by atoms with Crippen LogP contribution in [-0.2, 0) is 0 Å². The summed E-state index contributed by atoms with van der Waals surface area (Å²) in [6.45, 7) is 0. The molecule has 7 nitrogen and oxygen atoms in total. The highest BCUT2D eigenvalue weighted by Gasteiger charge is 2.11. The molecule has 5 rings (SSSR count). The van der Waals surface area contributed by atoms with E-state index >= 15 is 0 Å². The predicted octanol–water partition coefficient (Wildman–Crippen LogP) is 4.70. The molecule has 0 amide bonds. The van der Waals surface area contributed by atoms with Crippen LogP contribution in [0.25, 0.3) is 39.0 Å².